The van der Waals surface area contributed by atoms with Crippen LogP contribution in [0.15, 0.2) is 34.7 Å². The van der Waals surface area contributed by atoms with Crippen LogP contribution in [0.2, 0.25) is 0 Å². The van der Waals surface area contributed by atoms with Gasteiger partial charge in [0.15, 0.2) is 17.3 Å². The molecule has 136 valence electrons. The molecular weight excluding hydrogens is 332 g/mol. The van der Waals surface area contributed by atoms with Crippen molar-refractivity contribution in [1.82, 2.24) is 5.32 Å². The van der Waals surface area contributed by atoms with Crippen molar-refractivity contribution in [3.63, 3.8) is 0 Å². The molecule has 0 radical (unpaired) electrons. The van der Waals surface area contributed by atoms with E-state index >= 15 is 0 Å². The Hall–Kier alpha value is -2.94. The SMILES string of the molecule is COc1ccc([C@@H]2C(C#N)=C(C)NC3=C2C(=O)CCC3)c(OC)c1OC. The molecule has 0 bridgehead atoms. The van der Waals surface area contributed by atoms with Gasteiger partial charge in [-0.1, -0.05) is 6.07 Å². The number of ether oxygens (including phenoxy) is 3. The van der Waals surface area contributed by atoms with Gasteiger partial charge in [0.2, 0.25) is 5.75 Å². The highest BCUT2D eigenvalue weighted by atomic mass is 16.5. The maximum atomic E-state index is 12.7. The molecule has 3 rings (SSSR count). The third-order valence-electron chi connectivity index (χ3n) is 4.94. The molecule has 0 saturated carbocycles. The number of dihydropyridines is 1. The van der Waals surface area contributed by atoms with E-state index in [2.05, 4.69) is 11.4 Å². The van der Waals surface area contributed by atoms with Crippen molar-refractivity contribution in [2.45, 2.75) is 32.1 Å². The van der Waals surface area contributed by atoms with Gasteiger partial charge in [0.1, 0.15) is 0 Å². The van der Waals surface area contributed by atoms with Gasteiger partial charge in [0.05, 0.1) is 38.9 Å². The van der Waals surface area contributed by atoms with Crippen LogP contribution in [0.25, 0.3) is 0 Å². The smallest absolute Gasteiger partial charge is 0.203 e. The Morgan fingerprint density at radius 1 is 1.12 bits per heavy atom. The lowest BCUT2D eigenvalue weighted by molar-refractivity contribution is -0.116. The number of allylic oxidation sites excluding steroid dienone is 4. The Morgan fingerprint density at radius 2 is 1.85 bits per heavy atom. The molecule has 1 N–H and O–H groups in total. The minimum absolute atomic E-state index is 0.0702. The van der Waals surface area contributed by atoms with Gasteiger partial charge in [-0.15, -0.1) is 0 Å². The van der Waals surface area contributed by atoms with E-state index in [0.717, 1.165) is 29.8 Å². The summed E-state index contributed by atoms with van der Waals surface area (Å²) in [5.74, 6) is 1.06. The molecule has 0 fully saturated rings. The van der Waals surface area contributed by atoms with E-state index in [1.54, 1.807) is 20.3 Å². The molecule has 0 aromatic heterocycles. The first-order valence-electron chi connectivity index (χ1n) is 8.50. The summed E-state index contributed by atoms with van der Waals surface area (Å²) in [6, 6.07) is 5.89. The number of methoxy groups -OCH3 is 3. The molecule has 0 saturated heterocycles. The zero-order valence-electron chi connectivity index (χ0n) is 15.4. The van der Waals surface area contributed by atoms with Gasteiger partial charge in [-0.25, -0.2) is 0 Å². The molecule has 6 nitrogen and oxygen atoms in total. The summed E-state index contributed by atoms with van der Waals surface area (Å²) in [4.78, 5) is 12.7. The van der Waals surface area contributed by atoms with Crippen molar-refractivity contribution in [1.29, 1.82) is 5.26 Å². The zero-order valence-corrected chi connectivity index (χ0v) is 15.4. The van der Waals surface area contributed by atoms with Crippen LogP contribution in [0.1, 0.15) is 37.7 Å². The van der Waals surface area contributed by atoms with E-state index in [1.807, 2.05) is 13.0 Å². The van der Waals surface area contributed by atoms with Crippen LogP contribution >= 0.6 is 0 Å². The Bertz CT molecular complexity index is 861. The lowest BCUT2D eigenvalue weighted by Crippen LogP contribution is -2.31. The summed E-state index contributed by atoms with van der Waals surface area (Å²) in [5.41, 5.74) is 3.57. The van der Waals surface area contributed by atoms with E-state index in [-0.39, 0.29) is 5.78 Å². The Kier molecular flexibility index (Phi) is 4.90. The number of carbonyl (C=O) groups is 1. The third kappa shape index (κ3) is 2.70. The number of nitrogens with zero attached hydrogens (tertiary/aromatic N) is 1. The largest absolute Gasteiger partial charge is 0.493 e. The number of rotatable bonds is 4. The van der Waals surface area contributed by atoms with Gasteiger partial charge in [-0.3, -0.25) is 4.79 Å². The molecule has 0 amide bonds. The van der Waals surface area contributed by atoms with E-state index in [9.17, 15) is 10.1 Å². The van der Waals surface area contributed by atoms with Crippen LogP contribution < -0.4 is 19.5 Å². The van der Waals surface area contributed by atoms with E-state index in [0.29, 0.717) is 34.8 Å². The van der Waals surface area contributed by atoms with Crippen molar-refractivity contribution >= 4 is 5.78 Å². The average Bonchev–Trinajstić information content (AvgIpc) is 2.65. The number of carbonyl (C=O) groups excluding carboxylic acids is 1. The first-order chi connectivity index (χ1) is 12.6. The van der Waals surface area contributed by atoms with Crippen molar-refractivity contribution in [3.05, 3.63) is 40.2 Å². The number of nitrogens with one attached hydrogen (secondary N) is 1. The molecule has 2 aliphatic rings. The van der Waals surface area contributed by atoms with E-state index < -0.39 is 5.92 Å². The third-order valence-corrected chi connectivity index (χ3v) is 4.94. The molecule has 0 unspecified atom stereocenters. The normalized spacial score (nSPS) is 19.5. The summed E-state index contributed by atoms with van der Waals surface area (Å²) in [5, 5.41) is 13.0. The Labute approximate surface area is 153 Å². The minimum Gasteiger partial charge on any atom is -0.493 e. The Morgan fingerprint density at radius 3 is 2.46 bits per heavy atom. The lowest BCUT2D eigenvalue weighted by atomic mass is 9.75. The zero-order chi connectivity index (χ0) is 18.8. The molecule has 1 aliphatic heterocycles. The second-order valence-electron chi connectivity index (χ2n) is 6.30. The van der Waals surface area contributed by atoms with Crippen LogP contribution in [0.5, 0.6) is 17.2 Å². The van der Waals surface area contributed by atoms with Gasteiger partial charge in [0.25, 0.3) is 0 Å². The number of Topliss-reactive ketones (excluding diaryl/α,β-unsaturated/α-hetero) is 1. The molecule has 1 aromatic carbocycles. The molecule has 26 heavy (non-hydrogen) atoms. The standard InChI is InChI=1S/C20H22N2O4/c1-11-13(10-21)17(18-14(22-11)6-5-7-15(18)23)12-8-9-16(24-2)20(26-4)19(12)25-3/h8-9,17,22H,5-7H2,1-4H3/t17-/m1/s1. The molecule has 0 spiro atoms. The van der Waals surface area contributed by atoms with Crippen LogP contribution in [-0.4, -0.2) is 27.1 Å². The topological polar surface area (TPSA) is 80.6 Å². The van der Waals surface area contributed by atoms with Gasteiger partial charge in [-0.2, -0.15) is 5.26 Å². The lowest BCUT2D eigenvalue weighted by Gasteiger charge is -2.33. The fourth-order valence-corrected chi connectivity index (χ4v) is 3.79. The molecular formula is C20H22N2O4. The number of hydrogen-bond acceptors (Lipinski definition) is 6. The fraction of sp³-hybridized carbons (Fsp3) is 0.400. The van der Waals surface area contributed by atoms with Gasteiger partial charge >= 0.3 is 0 Å². The predicted molar refractivity (Wildman–Crippen MR) is 96.2 cm³/mol. The second-order valence-corrected chi connectivity index (χ2v) is 6.30. The van der Waals surface area contributed by atoms with Crippen molar-refractivity contribution in [3.8, 4) is 23.3 Å². The molecule has 1 heterocycles. The van der Waals surface area contributed by atoms with Crippen LogP contribution in [-0.2, 0) is 4.79 Å². The summed E-state index contributed by atoms with van der Waals surface area (Å²) < 4.78 is 16.4. The van der Waals surface area contributed by atoms with Gasteiger partial charge < -0.3 is 19.5 Å². The van der Waals surface area contributed by atoms with Gasteiger partial charge in [-0.05, 0) is 25.8 Å². The van der Waals surface area contributed by atoms with Crippen LogP contribution in [0, 0.1) is 11.3 Å². The first-order valence-corrected chi connectivity index (χ1v) is 8.50. The molecule has 1 atom stereocenters. The monoisotopic (exact) mass is 354 g/mol. The van der Waals surface area contributed by atoms with Crippen LogP contribution in [0.4, 0.5) is 0 Å². The van der Waals surface area contributed by atoms with Gasteiger partial charge in [0, 0.05) is 29.0 Å². The van der Waals surface area contributed by atoms with E-state index in [1.165, 1.54) is 7.11 Å². The minimum atomic E-state index is -0.473. The number of hydrogen-bond donors (Lipinski definition) is 1. The quantitative estimate of drug-likeness (QED) is 0.894. The molecule has 1 aromatic rings. The average molecular weight is 354 g/mol. The first kappa shape index (κ1) is 17.9. The highest BCUT2D eigenvalue weighted by Gasteiger charge is 2.38. The molecule has 1 aliphatic carbocycles. The predicted octanol–water partition coefficient (Wildman–Crippen LogP) is 3.20. The highest BCUT2D eigenvalue weighted by Crippen LogP contribution is 2.49. The van der Waals surface area contributed by atoms with Crippen molar-refractivity contribution in [2.75, 3.05) is 21.3 Å². The number of benzene rings is 1. The van der Waals surface area contributed by atoms with Crippen molar-refractivity contribution < 1.29 is 19.0 Å². The van der Waals surface area contributed by atoms with Crippen molar-refractivity contribution in [2.24, 2.45) is 0 Å². The van der Waals surface area contributed by atoms with E-state index in [4.69, 9.17) is 14.2 Å². The number of ketones is 1. The fourth-order valence-electron chi connectivity index (χ4n) is 3.79. The number of nitriles is 1. The maximum absolute atomic E-state index is 12.7. The highest BCUT2D eigenvalue weighted by molar-refractivity contribution is 6.00. The summed E-state index contributed by atoms with van der Waals surface area (Å²) >= 11 is 0. The molecule has 6 heteroatoms. The van der Waals surface area contributed by atoms with Crippen LogP contribution in [0.3, 0.4) is 0 Å². The maximum Gasteiger partial charge on any atom is 0.203 e. The second kappa shape index (κ2) is 7.12. The Balaban J connectivity index is 2.28. The summed E-state index contributed by atoms with van der Waals surface area (Å²) in [6.45, 7) is 1.86. The summed E-state index contributed by atoms with van der Waals surface area (Å²) in [6.07, 6.45) is 2.10. The summed E-state index contributed by atoms with van der Waals surface area (Å²) in [7, 11) is 4.63.